The first-order valence-corrected chi connectivity index (χ1v) is 5.44. The van der Waals surface area contributed by atoms with Crippen molar-refractivity contribution in [3.8, 4) is 0 Å². The van der Waals surface area contributed by atoms with Gasteiger partial charge in [-0.3, -0.25) is 19.2 Å². The van der Waals surface area contributed by atoms with Crippen molar-refractivity contribution >= 4 is 23.9 Å². The fraction of sp³-hybridized carbons (Fsp3) is 0.600. The Hall–Kier alpha value is -1.68. The van der Waals surface area contributed by atoms with Crippen molar-refractivity contribution in [2.24, 2.45) is 11.5 Å². The Balaban J connectivity index is -0.000000107. The molecule has 129 valence electrons. The summed E-state index contributed by atoms with van der Waals surface area (Å²) in [4.78, 5) is 38.6. The van der Waals surface area contributed by atoms with Gasteiger partial charge in [0.05, 0.1) is 25.7 Å². The normalized spacial score (nSPS) is 7.90. The molecule has 21 heavy (non-hydrogen) atoms. The molecule has 11 heteroatoms. The molecule has 0 heterocycles. The predicted octanol–water partition coefficient (Wildman–Crippen LogP) is -1.23. The van der Waals surface area contributed by atoms with E-state index >= 15 is 0 Å². The monoisotopic (exact) mass is 359 g/mol. The molecule has 0 atom stereocenters. The van der Waals surface area contributed by atoms with Gasteiger partial charge < -0.3 is 31.9 Å². The van der Waals surface area contributed by atoms with Gasteiger partial charge in [-0.05, 0) is 0 Å². The summed E-state index contributed by atoms with van der Waals surface area (Å²) in [5.41, 5.74) is 9.81. The maximum absolute atomic E-state index is 9.64. The number of carbonyl (C=O) groups is 4. The van der Waals surface area contributed by atoms with Crippen molar-refractivity contribution in [2.75, 3.05) is 13.1 Å². The zero-order chi connectivity index (χ0) is 16.6. The number of nitrogens with two attached hydrogens (primary N) is 2. The summed E-state index contributed by atoms with van der Waals surface area (Å²) in [6.07, 6.45) is -1.19. The van der Waals surface area contributed by atoms with Crippen molar-refractivity contribution in [3.63, 3.8) is 0 Å². The van der Waals surface area contributed by atoms with Crippen LogP contribution in [0.3, 0.4) is 0 Å². The van der Waals surface area contributed by atoms with Crippen LogP contribution in [-0.4, -0.2) is 57.4 Å². The zero-order valence-corrected chi connectivity index (χ0v) is 12.1. The van der Waals surface area contributed by atoms with E-state index in [4.69, 9.17) is 31.9 Å². The van der Waals surface area contributed by atoms with Gasteiger partial charge in [-0.2, -0.15) is 0 Å². The van der Waals surface area contributed by atoms with Crippen molar-refractivity contribution in [1.29, 1.82) is 0 Å². The first kappa shape index (κ1) is 27.6. The predicted molar refractivity (Wildman–Crippen MR) is 67.1 cm³/mol. The minimum absolute atomic E-state index is 0. The Kier molecular flexibility index (Phi) is 27.1. The molecule has 0 spiro atoms. The number of hydrogen-bond donors (Lipinski definition) is 6. The topological polar surface area (TPSA) is 201 Å². The summed E-state index contributed by atoms with van der Waals surface area (Å²) in [6.45, 7) is 1.19. The van der Waals surface area contributed by atoms with Crippen LogP contribution in [0, 0.1) is 0 Å². The standard InChI is InChI=1S/2C4H6O4.C2H8N2.Cu/c2*5-3(6)1-2-4(7)8;3-1-2-4;/h2*1-2H2,(H,5,6)(H,7,8);1-4H2;. The average Bonchev–Trinajstić information content (AvgIpc) is 2.35. The molecule has 0 aliphatic rings. The van der Waals surface area contributed by atoms with E-state index in [9.17, 15) is 19.2 Å². The summed E-state index contributed by atoms with van der Waals surface area (Å²) >= 11 is 0. The second-order valence-electron chi connectivity index (χ2n) is 3.15. The summed E-state index contributed by atoms with van der Waals surface area (Å²) in [6, 6.07) is 0. The molecular formula is C10H20CuN2O8. The Morgan fingerprint density at radius 3 is 0.762 bits per heavy atom. The molecule has 8 N–H and O–H groups in total. The molecule has 1 radical (unpaired) electrons. The molecule has 0 amide bonds. The molecular weight excluding hydrogens is 340 g/mol. The van der Waals surface area contributed by atoms with Gasteiger partial charge in [-0.1, -0.05) is 0 Å². The first-order valence-electron chi connectivity index (χ1n) is 5.44. The van der Waals surface area contributed by atoms with Gasteiger partial charge >= 0.3 is 23.9 Å². The number of aliphatic carboxylic acids is 4. The Morgan fingerprint density at radius 1 is 0.571 bits per heavy atom. The van der Waals surface area contributed by atoms with Crippen molar-refractivity contribution in [1.82, 2.24) is 0 Å². The molecule has 10 nitrogen and oxygen atoms in total. The van der Waals surface area contributed by atoms with E-state index in [0.717, 1.165) is 0 Å². The number of hydrogen-bond acceptors (Lipinski definition) is 6. The third-order valence-electron chi connectivity index (χ3n) is 1.27. The quantitative estimate of drug-likeness (QED) is 0.299. The van der Waals surface area contributed by atoms with Gasteiger partial charge in [0.2, 0.25) is 0 Å². The van der Waals surface area contributed by atoms with Gasteiger partial charge in [0.25, 0.3) is 0 Å². The molecule has 0 bridgehead atoms. The second kappa shape index (κ2) is 20.6. The van der Waals surface area contributed by atoms with Crippen LogP contribution >= 0.6 is 0 Å². The minimum atomic E-state index is -1.08. The minimum Gasteiger partial charge on any atom is -0.481 e. The van der Waals surface area contributed by atoms with E-state index in [-0.39, 0.29) is 42.8 Å². The van der Waals surface area contributed by atoms with E-state index in [2.05, 4.69) is 0 Å². The molecule has 0 saturated carbocycles. The van der Waals surface area contributed by atoms with Crippen LogP contribution in [0.25, 0.3) is 0 Å². The average molecular weight is 360 g/mol. The molecule has 0 aliphatic heterocycles. The van der Waals surface area contributed by atoms with E-state index in [0.29, 0.717) is 13.1 Å². The van der Waals surface area contributed by atoms with Crippen LogP contribution in [-0.2, 0) is 36.2 Å². The third-order valence-corrected chi connectivity index (χ3v) is 1.27. The fourth-order valence-electron chi connectivity index (χ4n) is 0.428. The molecule has 0 aromatic heterocycles. The van der Waals surface area contributed by atoms with E-state index in [1.165, 1.54) is 0 Å². The Labute approximate surface area is 131 Å². The summed E-state index contributed by atoms with van der Waals surface area (Å²) in [7, 11) is 0. The third kappa shape index (κ3) is 56.2. The fourth-order valence-corrected chi connectivity index (χ4v) is 0.428. The van der Waals surface area contributed by atoms with Crippen LogP contribution in [0.4, 0.5) is 0 Å². The van der Waals surface area contributed by atoms with Gasteiger partial charge in [-0.15, -0.1) is 0 Å². The largest absolute Gasteiger partial charge is 0.481 e. The van der Waals surface area contributed by atoms with Crippen LogP contribution in [0.1, 0.15) is 25.7 Å². The van der Waals surface area contributed by atoms with E-state index < -0.39 is 23.9 Å². The van der Waals surface area contributed by atoms with E-state index in [1.807, 2.05) is 0 Å². The molecule has 0 aromatic carbocycles. The SMILES string of the molecule is NCCN.O=C(O)CCC(=O)O.O=C(O)CCC(=O)O.[Cu]. The zero-order valence-electron chi connectivity index (χ0n) is 11.1. The van der Waals surface area contributed by atoms with Gasteiger partial charge in [-0.25, -0.2) is 0 Å². The van der Waals surface area contributed by atoms with Crippen molar-refractivity contribution < 1.29 is 56.7 Å². The van der Waals surface area contributed by atoms with Crippen molar-refractivity contribution in [3.05, 3.63) is 0 Å². The molecule has 0 unspecified atom stereocenters. The molecule has 0 fully saturated rings. The maximum atomic E-state index is 9.64. The van der Waals surface area contributed by atoms with Crippen LogP contribution < -0.4 is 11.5 Å². The Bertz CT molecular complexity index is 253. The Morgan fingerprint density at radius 2 is 0.714 bits per heavy atom. The number of rotatable bonds is 7. The van der Waals surface area contributed by atoms with Crippen LogP contribution in [0.5, 0.6) is 0 Å². The molecule has 0 aromatic rings. The number of carboxylic acids is 4. The maximum Gasteiger partial charge on any atom is 0.303 e. The van der Waals surface area contributed by atoms with Crippen molar-refractivity contribution in [2.45, 2.75) is 25.7 Å². The van der Waals surface area contributed by atoms with E-state index in [1.54, 1.807) is 0 Å². The van der Waals surface area contributed by atoms with Gasteiger partial charge in [0, 0.05) is 30.2 Å². The van der Waals surface area contributed by atoms with Gasteiger partial charge in [0.1, 0.15) is 0 Å². The van der Waals surface area contributed by atoms with Gasteiger partial charge in [0.15, 0.2) is 0 Å². The molecule has 0 rings (SSSR count). The summed E-state index contributed by atoms with van der Waals surface area (Å²) in [5, 5.41) is 31.6. The van der Waals surface area contributed by atoms with Crippen LogP contribution in [0.2, 0.25) is 0 Å². The first-order chi connectivity index (χ1) is 9.17. The summed E-state index contributed by atoms with van der Waals surface area (Å²) < 4.78 is 0. The second-order valence-corrected chi connectivity index (χ2v) is 3.15. The summed E-state index contributed by atoms with van der Waals surface area (Å²) in [5.74, 6) is -4.31. The smallest absolute Gasteiger partial charge is 0.303 e. The molecule has 0 aliphatic carbocycles. The number of carboxylic acid groups (broad SMARTS) is 4. The molecule has 0 saturated heterocycles. The van der Waals surface area contributed by atoms with Crippen LogP contribution in [0.15, 0.2) is 0 Å².